The molecule has 2 aromatic carbocycles. The van der Waals surface area contributed by atoms with Gasteiger partial charge in [0.2, 0.25) is 5.91 Å². The number of pyridine rings is 1. The molecule has 1 aromatic heterocycles. The number of piperazine rings is 1. The van der Waals surface area contributed by atoms with Gasteiger partial charge in [0.05, 0.1) is 28.4 Å². The van der Waals surface area contributed by atoms with Crippen LogP contribution in [0.5, 0.6) is 0 Å². The molecule has 0 N–H and O–H groups in total. The van der Waals surface area contributed by atoms with Crippen LogP contribution in [0.2, 0.25) is 0 Å². The predicted octanol–water partition coefficient (Wildman–Crippen LogP) is 7.21. The minimum atomic E-state index is -5.03. The van der Waals surface area contributed by atoms with E-state index in [9.17, 15) is 31.1 Å². The number of likely N-dealkylation sites (N-methyl/N-ethyl adjacent to an activating group) is 2. The van der Waals surface area contributed by atoms with E-state index in [4.69, 9.17) is 0 Å². The second kappa shape index (κ2) is 12.1. The molecule has 1 fully saturated rings. The van der Waals surface area contributed by atoms with Crippen LogP contribution in [-0.4, -0.2) is 56.1 Å². The standard InChI is InChI=1S/C30H32F6N4O.ClH/c1-19-8-6-7-9-23(19)24-17-26(40-12-10-38(4)11-13-40)37-18-25(24)39(5)27(41)28(2,3)20-14-21(29(31,32)33)16-22(15-20)30(34,35)36;/h6-9,14-18H,10-13H2,1-5H3;1H. The van der Waals surface area contributed by atoms with Crippen molar-refractivity contribution in [3.63, 3.8) is 0 Å². The number of alkyl halides is 6. The normalized spacial score (nSPS) is 14.9. The van der Waals surface area contributed by atoms with Crippen LogP contribution in [0.25, 0.3) is 11.1 Å². The molecule has 1 aliphatic rings. The summed E-state index contributed by atoms with van der Waals surface area (Å²) in [5.74, 6) is 0.0295. The Kier molecular flexibility index (Phi) is 9.58. The fraction of sp³-hybridized carbons (Fsp3) is 0.400. The summed E-state index contributed by atoms with van der Waals surface area (Å²) >= 11 is 0. The first-order valence-electron chi connectivity index (χ1n) is 13.1. The number of aryl methyl sites for hydroxylation is 1. The third-order valence-corrected chi connectivity index (χ3v) is 7.64. The lowest BCUT2D eigenvalue weighted by Gasteiger charge is -2.35. The fourth-order valence-corrected chi connectivity index (χ4v) is 4.97. The molecule has 0 bridgehead atoms. The topological polar surface area (TPSA) is 39.7 Å². The van der Waals surface area contributed by atoms with Crippen LogP contribution < -0.4 is 9.80 Å². The van der Waals surface area contributed by atoms with Gasteiger partial charge in [-0.2, -0.15) is 26.3 Å². The second-order valence-electron chi connectivity index (χ2n) is 10.9. The summed E-state index contributed by atoms with van der Waals surface area (Å²) in [4.78, 5) is 24.1. The molecule has 0 atom stereocenters. The molecular formula is C30H33ClF6N4O. The van der Waals surface area contributed by atoms with Gasteiger partial charge in [0, 0.05) is 38.8 Å². The van der Waals surface area contributed by atoms with E-state index in [2.05, 4.69) is 14.8 Å². The molecule has 1 aliphatic heterocycles. The van der Waals surface area contributed by atoms with E-state index in [-0.39, 0.29) is 18.5 Å². The molecule has 0 unspecified atom stereocenters. The number of halogens is 7. The van der Waals surface area contributed by atoms with Crippen LogP contribution in [0.4, 0.5) is 37.8 Å². The largest absolute Gasteiger partial charge is 0.416 e. The highest BCUT2D eigenvalue weighted by molar-refractivity contribution is 6.03. The molecule has 0 saturated carbocycles. The van der Waals surface area contributed by atoms with E-state index in [1.807, 2.05) is 44.3 Å². The Morgan fingerprint density at radius 1 is 0.833 bits per heavy atom. The van der Waals surface area contributed by atoms with Crippen LogP contribution in [0.15, 0.2) is 54.7 Å². The predicted molar refractivity (Wildman–Crippen MR) is 154 cm³/mol. The molecule has 5 nitrogen and oxygen atoms in total. The Balaban J connectivity index is 0.00000484. The number of benzene rings is 2. The van der Waals surface area contributed by atoms with Crippen LogP contribution in [-0.2, 0) is 22.6 Å². The molecular weight excluding hydrogens is 582 g/mol. The molecule has 0 spiro atoms. The summed E-state index contributed by atoms with van der Waals surface area (Å²) in [6.07, 6.45) is -8.51. The number of carbonyl (C=O) groups excluding carboxylic acids is 1. The van der Waals surface area contributed by atoms with E-state index < -0.39 is 40.4 Å². The van der Waals surface area contributed by atoms with Crippen LogP contribution in [0, 0.1) is 6.92 Å². The first-order chi connectivity index (χ1) is 19.0. The lowest BCUT2D eigenvalue weighted by molar-refractivity contribution is -0.143. The number of nitrogens with zero attached hydrogens (tertiary/aromatic N) is 4. The number of rotatable bonds is 5. The maximum absolute atomic E-state index is 13.9. The van der Waals surface area contributed by atoms with Gasteiger partial charge in [-0.3, -0.25) is 4.79 Å². The van der Waals surface area contributed by atoms with Crippen molar-refractivity contribution in [2.75, 3.05) is 50.1 Å². The number of hydrogen-bond donors (Lipinski definition) is 0. The summed E-state index contributed by atoms with van der Waals surface area (Å²) in [5, 5.41) is 0. The Labute approximate surface area is 247 Å². The average Bonchev–Trinajstić information content (AvgIpc) is 2.91. The van der Waals surface area contributed by atoms with Gasteiger partial charge in [0.15, 0.2) is 0 Å². The van der Waals surface area contributed by atoms with Crippen molar-refractivity contribution in [2.45, 2.75) is 38.5 Å². The second-order valence-corrected chi connectivity index (χ2v) is 10.9. The highest BCUT2D eigenvalue weighted by atomic mass is 35.5. The molecule has 228 valence electrons. The summed E-state index contributed by atoms with van der Waals surface area (Å²) < 4.78 is 81.4. The lowest BCUT2D eigenvalue weighted by Crippen LogP contribution is -2.45. The van der Waals surface area contributed by atoms with Crippen LogP contribution >= 0.6 is 12.4 Å². The van der Waals surface area contributed by atoms with Gasteiger partial charge in [-0.1, -0.05) is 24.3 Å². The SMILES string of the molecule is Cc1ccccc1-c1cc(N2CCN(C)CC2)ncc1N(C)C(=O)C(C)(C)c1cc(C(F)(F)F)cc(C(F)(F)F)c1.Cl. The van der Waals surface area contributed by atoms with E-state index in [1.54, 1.807) is 0 Å². The van der Waals surface area contributed by atoms with Gasteiger partial charge in [-0.05, 0) is 68.8 Å². The zero-order valence-electron chi connectivity index (χ0n) is 23.9. The van der Waals surface area contributed by atoms with Crippen molar-refractivity contribution in [3.05, 3.63) is 77.0 Å². The summed E-state index contributed by atoms with van der Waals surface area (Å²) in [6, 6.07) is 10.7. The minimum absolute atomic E-state index is 0. The van der Waals surface area contributed by atoms with E-state index in [0.29, 0.717) is 29.2 Å². The van der Waals surface area contributed by atoms with Crippen LogP contribution in [0.3, 0.4) is 0 Å². The minimum Gasteiger partial charge on any atom is -0.354 e. The smallest absolute Gasteiger partial charge is 0.354 e. The highest BCUT2D eigenvalue weighted by Gasteiger charge is 2.41. The Morgan fingerprint density at radius 3 is 1.88 bits per heavy atom. The number of anilines is 2. The summed E-state index contributed by atoms with van der Waals surface area (Å²) in [5.41, 5.74) is -2.25. The molecule has 0 aliphatic carbocycles. The Morgan fingerprint density at radius 2 is 1.36 bits per heavy atom. The van der Waals surface area contributed by atoms with Gasteiger partial charge < -0.3 is 14.7 Å². The van der Waals surface area contributed by atoms with Gasteiger partial charge in [-0.25, -0.2) is 4.98 Å². The molecule has 2 heterocycles. The molecule has 0 radical (unpaired) electrons. The maximum atomic E-state index is 13.9. The van der Waals surface area contributed by atoms with Crippen LogP contribution in [0.1, 0.15) is 36.1 Å². The Hall–Kier alpha value is -3.31. The fourth-order valence-electron chi connectivity index (χ4n) is 4.97. The first-order valence-corrected chi connectivity index (χ1v) is 13.1. The zero-order valence-corrected chi connectivity index (χ0v) is 24.7. The molecule has 12 heteroatoms. The van der Waals surface area contributed by atoms with Crippen molar-refractivity contribution in [2.24, 2.45) is 0 Å². The quantitative estimate of drug-likeness (QED) is 0.285. The molecule has 1 saturated heterocycles. The number of carbonyl (C=O) groups is 1. The number of hydrogen-bond acceptors (Lipinski definition) is 4. The molecule has 42 heavy (non-hydrogen) atoms. The van der Waals surface area contributed by atoms with Crippen molar-refractivity contribution >= 4 is 29.8 Å². The third kappa shape index (κ3) is 6.83. The van der Waals surface area contributed by atoms with Crippen molar-refractivity contribution in [3.8, 4) is 11.1 Å². The van der Waals surface area contributed by atoms with E-state index >= 15 is 0 Å². The lowest BCUT2D eigenvalue weighted by atomic mass is 9.81. The van der Waals surface area contributed by atoms with E-state index in [1.165, 1.54) is 32.0 Å². The first kappa shape index (κ1) is 33.2. The average molecular weight is 615 g/mol. The number of amides is 1. The monoisotopic (exact) mass is 614 g/mol. The van der Waals surface area contributed by atoms with Crippen molar-refractivity contribution < 1.29 is 31.1 Å². The van der Waals surface area contributed by atoms with Crippen molar-refractivity contribution in [1.29, 1.82) is 0 Å². The van der Waals surface area contributed by atoms with Gasteiger partial charge in [0.25, 0.3) is 0 Å². The summed E-state index contributed by atoms with van der Waals surface area (Å²) in [7, 11) is 3.49. The Bertz CT molecular complexity index is 1400. The molecule has 4 rings (SSSR count). The number of aromatic nitrogens is 1. The summed E-state index contributed by atoms with van der Waals surface area (Å²) in [6.45, 7) is 7.78. The van der Waals surface area contributed by atoms with Gasteiger partial charge in [-0.15, -0.1) is 12.4 Å². The third-order valence-electron chi connectivity index (χ3n) is 7.64. The molecule has 3 aromatic rings. The van der Waals surface area contributed by atoms with Gasteiger partial charge in [0.1, 0.15) is 5.82 Å². The zero-order chi connectivity index (χ0) is 30.3. The highest BCUT2D eigenvalue weighted by Crippen LogP contribution is 2.41. The molecule has 1 amide bonds. The maximum Gasteiger partial charge on any atom is 0.416 e. The van der Waals surface area contributed by atoms with Crippen molar-refractivity contribution in [1.82, 2.24) is 9.88 Å². The van der Waals surface area contributed by atoms with E-state index in [0.717, 1.165) is 37.3 Å². The van der Waals surface area contributed by atoms with Gasteiger partial charge >= 0.3 is 12.4 Å².